The number of carbonyl (C=O) groups is 1. The highest BCUT2D eigenvalue weighted by Gasteiger charge is 2.26. The maximum absolute atomic E-state index is 10.4. The van der Waals surface area contributed by atoms with Gasteiger partial charge in [-0.25, -0.2) is 0 Å². The second-order valence-corrected chi connectivity index (χ2v) is 4.85. The summed E-state index contributed by atoms with van der Waals surface area (Å²) in [5.41, 5.74) is 4.97. The van der Waals surface area contributed by atoms with Gasteiger partial charge in [-0.05, 0) is 18.3 Å². The molecular formula is C12H24N2O2. The third-order valence-corrected chi connectivity index (χ3v) is 3.60. The molecule has 3 unspecified atom stereocenters. The molecule has 4 heteroatoms. The minimum Gasteiger partial charge on any atom is -0.370 e. The molecule has 0 aromatic heterocycles. The number of carbonyl (C=O) groups excluding carboxylic acids is 1. The van der Waals surface area contributed by atoms with Gasteiger partial charge in [0, 0.05) is 12.6 Å². The second-order valence-electron chi connectivity index (χ2n) is 4.85. The van der Waals surface area contributed by atoms with E-state index in [1.54, 1.807) is 0 Å². The number of hydrogen-bond acceptors (Lipinski definition) is 3. The van der Waals surface area contributed by atoms with Gasteiger partial charge in [-0.2, -0.15) is 0 Å². The molecule has 0 aliphatic heterocycles. The molecule has 0 saturated heterocycles. The summed E-state index contributed by atoms with van der Waals surface area (Å²) >= 11 is 0. The molecule has 0 heterocycles. The number of primary amides is 1. The van der Waals surface area contributed by atoms with Gasteiger partial charge in [0.1, 0.15) is 6.61 Å². The van der Waals surface area contributed by atoms with Crippen molar-refractivity contribution in [1.82, 2.24) is 5.32 Å². The Morgan fingerprint density at radius 3 is 2.88 bits per heavy atom. The summed E-state index contributed by atoms with van der Waals surface area (Å²) in [4.78, 5) is 10.4. The first-order valence-corrected chi connectivity index (χ1v) is 6.20. The van der Waals surface area contributed by atoms with Crippen LogP contribution in [0, 0.1) is 11.8 Å². The van der Waals surface area contributed by atoms with Crippen molar-refractivity contribution in [2.45, 2.75) is 39.2 Å². The standard InChI is InChI=1S/C12H24N2O2/c1-9-4-3-5-11(10(9)2)14-6-7-16-8-12(13)15/h9-11,14H,3-8H2,1-2H3,(H2,13,15). The monoisotopic (exact) mass is 228 g/mol. The average Bonchev–Trinajstić information content (AvgIpc) is 2.23. The molecule has 94 valence electrons. The Morgan fingerprint density at radius 2 is 2.19 bits per heavy atom. The number of nitrogens with two attached hydrogens (primary N) is 1. The Hall–Kier alpha value is -0.610. The predicted octanol–water partition coefficient (Wildman–Crippen LogP) is 0.903. The van der Waals surface area contributed by atoms with Crippen molar-refractivity contribution in [2.24, 2.45) is 17.6 Å². The summed E-state index contributed by atoms with van der Waals surface area (Å²) in [6.07, 6.45) is 3.91. The van der Waals surface area contributed by atoms with Crippen molar-refractivity contribution >= 4 is 5.91 Å². The third kappa shape index (κ3) is 4.49. The van der Waals surface area contributed by atoms with E-state index in [1.807, 2.05) is 0 Å². The molecule has 0 spiro atoms. The zero-order valence-electron chi connectivity index (χ0n) is 10.4. The number of nitrogens with one attached hydrogen (secondary N) is 1. The first-order valence-electron chi connectivity index (χ1n) is 6.20. The summed E-state index contributed by atoms with van der Waals surface area (Å²) in [5, 5.41) is 3.50. The van der Waals surface area contributed by atoms with Crippen LogP contribution in [0.1, 0.15) is 33.1 Å². The quantitative estimate of drug-likeness (QED) is 0.664. The van der Waals surface area contributed by atoms with Crippen molar-refractivity contribution in [2.75, 3.05) is 19.8 Å². The Kier molecular flexibility index (Phi) is 5.77. The number of rotatable bonds is 6. The van der Waals surface area contributed by atoms with Crippen molar-refractivity contribution < 1.29 is 9.53 Å². The highest BCUT2D eigenvalue weighted by Crippen LogP contribution is 2.29. The van der Waals surface area contributed by atoms with Gasteiger partial charge in [-0.15, -0.1) is 0 Å². The molecule has 3 N–H and O–H groups in total. The van der Waals surface area contributed by atoms with Crippen LogP contribution in [0.25, 0.3) is 0 Å². The van der Waals surface area contributed by atoms with E-state index in [0.717, 1.165) is 18.4 Å². The van der Waals surface area contributed by atoms with Crippen LogP contribution in [-0.4, -0.2) is 31.7 Å². The van der Waals surface area contributed by atoms with Gasteiger partial charge in [0.25, 0.3) is 0 Å². The fraction of sp³-hybridized carbons (Fsp3) is 0.917. The Morgan fingerprint density at radius 1 is 1.44 bits per heavy atom. The molecule has 3 atom stereocenters. The molecule has 1 rings (SSSR count). The smallest absolute Gasteiger partial charge is 0.243 e. The Labute approximate surface area is 97.9 Å². The minimum absolute atomic E-state index is 0.0261. The average molecular weight is 228 g/mol. The molecule has 1 amide bonds. The van der Waals surface area contributed by atoms with Gasteiger partial charge in [0.05, 0.1) is 6.61 Å². The van der Waals surface area contributed by atoms with Gasteiger partial charge >= 0.3 is 0 Å². The van der Waals surface area contributed by atoms with Crippen molar-refractivity contribution in [3.8, 4) is 0 Å². The first-order chi connectivity index (χ1) is 7.61. The summed E-state index contributed by atoms with van der Waals surface area (Å²) in [6.45, 7) is 6.02. The lowest BCUT2D eigenvalue weighted by Gasteiger charge is -2.34. The zero-order chi connectivity index (χ0) is 12.0. The van der Waals surface area contributed by atoms with Crippen LogP contribution < -0.4 is 11.1 Å². The van der Waals surface area contributed by atoms with Crippen LogP contribution in [0.3, 0.4) is 0 Å². The van der Waals surface area contributed by atoms with Crippen LogP contribution in [0.4, 0.5) is 0 Å². The SMILES string of the molecule is CC1CCCC(NCCOCC(N)=O)C1C. The fourth-order valence-corrected chi connectivity index (χ4v) is 2.36. The second kappa shape index (κ2) is 6.86. The maximum atomic E-state index is 10.4. The molecule has 0 bridgehead atoms. The number of hydrogen-bond donors (Lipinski definition) is 2. The summed E-state index contributed by atoms with van der Waals surface area (Å²) in [7, 11) is 0. The highest BCUT2D eigenvalue weighted by molar-refractivity contribution is 5.74. The molecule has 4 nitrogen and oxygen atoms in total. The number of amides is 1. The van der Waals surface area contributed by atoms with Crippen molar-refractivity contribution in [3.63, 3.8) is 0 Å². The predicted molar refractivity (Wildman–Crippen MR) is 64.0 cm³/mol. The van der Waals surface area contributed by atoms with Crippen molar-refractivity contribution in [1.29, 1.82) is 0 Å². The highest BCUT2D eigenvalue weighted by atomic mass is 16.5. The van der Waals surface area contributed by atoms with Crippen LogP contribution in [0.2, 0.25) is 0 Å². The van der Waals surface area contributed by atoms with E-state index in [2.05, 4.69) is 19.2 Å². The molecule has 0 aromatic carbocycles. The lowest BCUT2D eigenvalue weighted by atomic mass is 9.78. The molecule has 0 aromatic rings. The lowest BCUT2D eigenvalue weighted by molar-refractivity contribution is -0.122. The first kappa shape index (κ1) is 13.5. The minimum atomic E-state index is -0.403. The van der Waals surface area contributed by atoms with E-state index < -0.39 is 5.91 Å². The molecule has 1 aliphatic carbocycles. The maximum Gasteiger partial charge on any atom is 0.243 e. The van der Waals surface area contributed by atoms with E-state index >= 15 is 0 Å². The van der Waals surface area contributed by atoms with E-state index in [0.29, 0.717) is 12.6 Å². The van der Waals surface area contributed by atoms with Gasteiger partial charge in [0.15, 0.2) is 0 Å². The molecule has 1 aliphatic rings. The molecule has 0 radical (unpaired) electrons. The summed E-state index contributed by atoms with van der Waals surface area (Å²) < 4.78 is 5.11. The molecule has 16 heavy (non-hydrogen) atoms. The lowest BCUT2D eigenvalue weighted by Crippen LogP contribution is -2.42. The van der Waals surface area contributed by atoms with Crippen molar-refractivity contribution in [3.05, 3.63) is 0 Å². The molecule has 1 fully saturated rings. The number of ether oxygens (including phenoxy) is 1. The van der Waals surface area contributed by atoms with E-state index in [-0.39, 0.29) is 6.61 Å². The topological polar surface area (TPSA) is 64.3 Å². The van der Waals surface area contributed by atoms with Crippen LogP contribution in [0.15, 0.2) is 0 Å². The largest absolute Gasteiger partial charge is 0.370 e. The van der Waals surface area contributed by atoms with Gasteiger partial charge < -0.3 is 15.8 Å². The van der Waals surface area contributed by atoms with Crippen LogP contribution in [0.5, 0.6) is 0 Å². The van der Waals surface area contributed by atoms with E-state index in [1.165, 1.54) is 19.3 Å². The molecular weight excluding hydrogens is 204 g/mol. The van der Waals surface area contributed by atoms with Gasteiger partial charge in [-0.3, -0.25) is 4.79 Å². The van der Waals surface area contributed by atoms with Crippen LogP contribution >= 0.6 is 0 Å². The van der Waals surface area contributed by atoms with Gasteiger partial charge in [0.2, 0.25) is 5.91 Å². The third-order valence-electron chi connectivity index (χ3n) is 3.60. The zero-order valence-corrected chi connectivity index (χ0v) is 10.4. The van der Waals surface area contributed by atoms with Gasteiger partial charge in [-0.1, -0.05) is 26.7 Å². The summed E-state index contributed by atoms with van der Waals surface area (Å²) in [5.74, 6) is 1.13. The van der Waals surface area contributed by atoms with E-state index in [4.69, 9.17) is 10.5 Å². The Bertz CT molecular complexity index is 221. The fourth-order valence-electron chi connectivity index (χ4n) is 2.36. The van der Waals surface area contributed by atoms with Crippen LogP contribution in [-0.2, 0) is 9.53 Å². The normalized spacial score (nSPS) is 30.2. The van der Waals surface area contributed by atoms with E-state index in [9.17, 15) is 4.79 Å². The molecule has 1 saturated carbocycles. The summed E-state index contributed by atoms with van der Waals surface area (Å²) in [6, 6.07) is 0.598. The Balaban J connectivity index is 2.10.